The first-order valence-electron chi connectivity index (χ1n) is 4.16. The van der Waals surface area contributed by atoms with Crippen LogP contribution in [0.4, 0.5) is 0 Å². The highest BCUT2D eigenvalue weighted by Crippen LogP contribution is 2.33. The molecule has 2 rings (SSSR count). The van der Waals surface area contributed by atoms with Gasteiger partial charge in [-0.05, 0) is 25.2 Å². The van der Waals surface area contributed by atoms with Crippen LogP contribution in [0.5, 0.6) is 0 Å². The van der Waals surface area contributed by atoms with Gasteiger partial charge in [-0.1, -0.05) is 0 Å². The molecule has 2 fully saturated rings. The number of ether oxygens (including phenoxy) is 2. The molecule has 0 amide bonds. The van der Waals surface area contributed by atoms with Gasteiger partial charge in [0.1, 0.15) is 0 Å². The van der Waals surface area contributed by atoms with Crippen LogP contribution < -0.4 is 0 Å². The Labute approximate surface area is 61.5 Å². The molecule has 2 nitrogen and oxygen atoms in total. The van der Waals surface area contributed by atoms with E-state index in [9.17, 15) is 0 Å². The molecule has 2 unspecified atom stereocenters. The van der Waals surface area contributed by atoms with Gasteiger partial charge in [-0.2, -0.15) is 0 Å². The summed E-state index contributed by atoms with van der Waals surface area (Å²) < 4.78 is 10.9. The SMILES string of the molecule is C1COC2CCC2CCO1. The Morgan fingerprint density at radius 2 is 1.90 bits per heavy atom. The summed E-state index contributed by atoms with van der Waals surface area (Å²) in [5.41, 5.74) is 0. The van der Waals surface area contributed by atoms with Crippen molar-refractivity contribution < 1.29 is 9.47 Å². The van der Waals surface area contributed by atoms with Gasteiger partial charge in [0.2, 0.25) is 0 Å². The summed E-state index contributed by atoms with van der Waals surface area (Å²) in [6.07, 6.45) is 4.44. The van der Waals surface area contributed by atoms with Gasteiger partial charge in [0.05, 0.1) is 19.3 Å². The van der Waals surface area contributed by atoms with E-state index in [0.29, 0.717) is 6.10 Å². The molecule has 0 bridgehead atoms. The molecule has 0 aromatic rings. The highest BCUT2D eigenvalue weighted by atomic mass is 16.5. The molecule has 2 heteroatoms. The van der Waals surface area contributed by atoms with Crippen molar-refractivity contribution in [3.8, 4) is 0 Å². The van der Waals surface area contributed by atoms with E-state index in [0.717, 1.165) is 25.7 Å². The Kier molecular flexibility index (Phi) is 1.91. The third-order valence-corrected chi connectivity index (χ3v) is 2.54. The monoisotopic (exact) mass is 142 g/mol. The topological polar surface area (TPSA) is 18.5 Å². The minimum absolute atomic E-state index is 0.587. The first kappa shape index (κ1) is 6.62. The number of hydrogen-bond donors (Lipinski definition) is 0. The van der Waals surface area contributed by atoms with Crippen molar-refractivity contribution in [2.24, 2.45) is 5.92 Å². The average molecular weight is 142 g/mol. The first-order valence-corrected chi connectivity index (χ1v) is 4.16. The first-order chi connectivity index (χ1) is 4.97. The molecule has 2 atom stereocenters. The van der Waals surface area contributed by atoms with Crippen LogP contribution in [0.2, 0.25) is 0 Å². The number of rotatable bonds is 0. The largest absolute Gasteiger partial charge is 0.379 e. The van der Waals surface area contributed by atoms with Crippen LogP contribution in [0.1, 0.15) is 19.3 Å². The molecule has 0 aromatic carbocycles. The lowest BCUT2D eigenvalue weighted by Crippen LogP contribution is -2.37. The summed E-state index contributed by atoms with van der Waals surface area (Å²) in [7, 11) is 0. The van der Waals surface area contributed by atoms with E-state index in [4.69, 9.17) is 9.47 Å². The highest BCUT2D eigenvalue weighted by Gasteiger charge is 2.31. The lowest BCUT2D eigenvalue weighted by molar-refractivity contribution is -0.0957. The third-order valence-electron chi connectivity index (χ3n) is 2.54. The van der Waals surface area contributed by atoms with E-state index in [2.05, 4.69) is 0 Å². The molecule has 1 aliphatic heterocycles. The number of fused-ring (bicyclic) bond motifs is 1. The third kappa shape index (κ3) is 1.18. The zero-order chi connectivity index (χ0) is 6.81. The second kappa shape index (κ2) is 2.89. The van der Waals surface area contributed by atoms with Crippen LogP contribution in [-0.2, 0) is 9.47 Å². The Bertz CT molecular complexity index is 99.8. The van der Waals surface area contributed by atoms with Crippen molar-refractivity contribution >= 4 is 0 Å². The summed E-state index contributed by atoms with van der Waals surface area (Å²) in [4.78, 5) is 0. The van der Waals surface area contributed by atoms with Gasteiger partial charge >= 0.3 is 0 Å². The Morgan fingerprint density at radius 3 is 2.70 bits per heavy atom. The summed E-state index contributed by atoms with van der Waals surface area (Å²) in [6, 6.07) is 0. The van der Waals surface area contributed by atoms with Crippen molar-refractivity contribution in [2.45, 2.75) is 25.4 Å². The maximum atomic E-state index is 5.56. The Hall–Kier alpha value is -0.0800. The molecule has 1 heterocycles. The molecule has 1 saturated heterocycles. The minimum Gasteiger partial charge on any atom is -0.379 e. The fraction of sp³-hybridized carbons (Fsp3) is 1.00. The predicted molar refractivity (Wildman–Crippen MR) is 37.9 cm³/mol. The van der Waals surface area contributed by atoms with Gasteiger partial charge in [0, 0.05) is 6.61 Å². The Balaban J connectivity index is 1.83. The molecule has 1 aliphatic carbocycles. The van der Waals surface area contributed by atoms with Crippen molar-refractivity contribution in [3.63, 3.8) is 0 Å². The van der Waals surface area contributed by atoms with Gasteiger partial charge < -0.3 is 9.47 Å². The fourth-order valence-corrected chi connectivity index (χ4v) is 1.68. The molecular formula is C8H14O2. The van der Waals surface area contributed by atoms with Gasteiger partial charge in [-0.15, -0.1) is 0 Å². The lowest BCUT2D eigenvalue weighted by atomic mass is 9.79. The zero-order valence-electron chi connectivity index (χ0n) is 6.21. The quantitative estimate of drug-likeness (QED) is 0.506. The predicted octanol–water partition coefficient (Wildman–Crippen LogP) is 1.20. The summed E-state index contributed by atoms with van der Waals surface area (Å²) >= 11 is 0. The van der Waals surface area contributed by atoms with Crippen molar-refractivity contribution in [1.82, 2.24) is 0 Å². The molecular weight excluding hydrogens is 128 g/mol. The molecule has 10 heavy (non-hydrogen) atoms. The standard InChI is InChI=1S/C8H14O2/c1-2-8-7(1)3-4-9-5-6-10-8/h7-8H,1-6H2. The normalized spacial score (nSPS) is 40.8. The smallest absolute Gasteiger partial charge is 0.0704 e. The van der Waals surface area contributed by atoms with E-state index in [1.54, 1.807) is 0 Å². The molecule has 58 valence electrons. The second-order valence-electron chi connectivity index (χ2n) is 3.15. The fourth-order valence-electron chi connectivity index (χ4n) is 1.68. The molecule has 0 radical (unpaired) electrons. The van der Waals surface area contributed by atoms with Crippen molar-refractivity contribution in [2.75, 3.05) is 19.8 Å². The van der Waals surface area contributed by atoms with Crippen LogP contribution in [0.3, 0.4) is 0 Å². The van der Waals surface area contributed by atoms with Gasteiger partial charge in [-0.3, -0.25) is 0 Å². The van der Waals surface area contributed by atoms with Crippen molar-refractivity contribution in [3.05, 3.63) is 0 Å². The molecule has 0 spiro atoms. The van der Waals surface area contributed by atoms with Crippen LogP contribution in [0.15, 0.2) is 0 Å². The highest BCUT2D eigenvalue weighted by molar-refractivity contribution is 4.82. The lowest BCUT2D eigenvalue weighted by Gasteiger charge is -2.37. The molecule has 0 N–H and O–H groups in total. The second-order valence-corrected chi connectivity index (χ2v) is 3.15. The van der Waals surface area contributed by atoms with Crippen LogP contribution in [-0.4, -0.2) is 25.9 Å². The van der Waals surface area contributed by atoms with Crippen LogP contribution in [0, 0.1) is 5.92 Å². The maximum absolute atomic E-state index is 5.56. The maximum Gasteiger partial charge on any atom is 0.0704 e. The Morgan fingerprint density at radius 1 is 0.900 bits per heavy atom. The van der Waals surface area contributed by atoms with E-state index in [1.165, 1.54) is 19.3 Å². The zero-order valence-corrected chi connectivity index (χ0v) is 6.21. The van der Waals surface area contributed by atoms with E-state index >= 15 is 0 Å². The summed E-state index contributed by atoms with van der Waals surface area (Å²) in [5.74, 6) is 0.820. The number of hydrogen-bond acceptors (Lipinski definition) is 2. The van der Waals surface area contributed by atoms with Gasteiger partial charge in [0.25, 0.3) is 0 Å². The van der Waals surface area contributed by atoms with E-state index < -0.39 is 0 Å². The van der Waals surface area contributed by atoms with Gasteiger partial charge in [0.15, 0.2) is 0 Å². The summed E-state index contributed by atoms with van der Waals surface area (Å²) in [6.45, 7) is 2.55. The van der Waals surface area contributed by atoms with E-state index in [-0.39, 0.29) is 0 Å². The molecule has 0 aromatic heterocycles. The van der Waals surface area contributed by atoms with Crippen molar-refractivity contribution in [1.29, 1.82) is 0 Å². The van der Waals surface area contributed by atoms with E-state index in [1.807, 2.05) is 0 Å². The van der Waals surface area contributed by atoms with Gasteiger partial charge in [-0.25, -0.2) is 0 Å². The van der Waals surface area contributed by atoms with Crippen LogP contribution >= 0.6 is 0 Å². The molecule has 2 aliphatic rings. The molecule has 1 saturated carbocycles. The van der Waals surface area contributed by atoms with Crippen LogP contribution in [0.25, 0.3) is 0 Å². The minimum atomic E-state index is 0.587. The average Bonchev–Trinajstić information content (AvgIpc) is 1.89. The summed E-state index contributed by atoms with van der Waals surface area (Å²) in [5, 5.41) is 0.